The van der Waals surface area contributed by atoms with Gasteiger partial charge in [0.05, 0.1) is 13.3 Å². The number of anilines is 1. The highest BCUT2D eigenvalue weighted by Crippen LogP contribution is 2.21. The van der Waals surface area contributed by atoms with Gasteiger partial charge < -0.3 is 10.1 Å². The van der Waals surface area contributed by atoms with Crippen LogP contribution in [0.1, 0.15) is 24.9 Å². The molecule has 5 nitrogen and oxygen atoms in total. The van der Waals surface area contributed by atoms with E-state index >= 15 is 0 Å². The van der Waals surface area contributed by atoms with Gasteiger partial charge in [0.1, 0.15) is 5.82 Å². The molecule has 112 valence electrons. The van der Waals surface area contributed by atoms with Crippen LogP contribution in [0, 0.1) is 5.82 Å². The lowest BCUT2D eigenvalue weighted by atomic mass is 10.1. The van der Waals surface area contributed by atoms with Crippen LogP contribution in [-0.2, 0) is 16.1 Å². The molecule has 0 aliphatic carbocycles. The van der Waals surface area contributed by atoms with Crippen molar-refractivity contribution in [2.45, 2.75) is 25.9 Å². The van der Waals surface area contributed by atoms with Gasteiger partial charge in [-0.2, -0.15) is 5.10 Å². The Bertz CT molecular complexity index is 612. The van der Waals surface area contributed by atoms with Gasteiger partial charge >= 0.3 is 5.97 Å². The Morgan fingerprint density at radius 3 is 3.00 bits per heavy atom. The van der Waals surface area contributed by atoms with Crippen molar-refractivity contribution in [3.05, 3.63) is 48.0 Å². The summed E-state index contributed by atoms with van der Waals surface area (Å²) < 4.78 is 19.8. The van der Waals surface area contributed by atoms with Crippen molar-refractivity contribution in [3.63, 3.8) is 0 Å². The van der Waals surface area contributed by atoms with Gasteiger partial charge in [-0.3, -0.25) is 4.68 Å². The van der Waals surface area contributed by atoms with E-state index in [9.17, 15) is 9.18 Å². The first-order chi connectivity index (χ1) is 10.1. The van der Waals surface area contributed by atoms with Crippen LogP contribution in [-0.4, -0.2) is 22.9 Å². The molecular weight excluding hydrogens is 273 g/mol. The van der Waals surface area contributed by atoms with Crippen molar-refractivity contribution in [1.82, 2.24) is 9.78 Å². The second-order valence-electron chi connectivity index (χ2n) is 4.65. The van der Waals surface area contributed by atoms with E-state index in [4.69, 9.17) is 4.74 Å². The number of hydrogen-bond donors (Lipinski definition) is 1. The Morgan fingerprint density at radius 1 is 1.52 bits per heavy atom. The molecule has 0 radical (unpaired) electrons. The molecule has 6 heteroatoms. The topological polar surface area (TPSA) is 56.2 Å². The Kier molecular flexibility index (Phi) is 4.92. The third kappa shape index (κ3) is 3.81. The molecule has 1 aromatic carbocycles. The molecular formula is C15H18FN3O2. The monoisotopic (exact) mass is 291 g/mol. The second-order valence-corrected chi connectivity index (χ2v) is 4.65. The number of esters is 1. The van der Waals surface area contributed by atoms with Crippen LogP contribution >= 0.6 is 0 Å². The Labute approximate surface area is 122 Å². The summed E-state index contributed by atoms with van der Waals surface area (Å²) in [5.74, 6) is -0.819. The maximum atomic E-state index is 13.2. The number of rotatable bonds is 6. The van der Waals surface area contributed by atoms with Crippen LogP contribution in [0.4, 0.5) is 10.1 Å². The van der Waals surface area contributed by atoms with Crippen LogP contribution in [0.15, 0.2) is 36.7 Å². The van der Waals surface area contributed by atoms with Gasteiger partial charge in [-0.1, -0.05) is 13.0 Å². The van der Waals surface area contributed by atoms with E-state index in [1.54, 1.807) is 29.2 Å². The molecule has 0 amide bonds. The highest BCUT2D eigenvalue weighted by atomic mass is 19.1. The minimum Gasteiger partial charge on any atom is -0.467 e. The Balaban J connectivity index is 2.23. The standard InChI is InChI=1S/C15H18FN3O2/c1-3-7-19-10-11(9-17-19)14(15(20)21-2)18-13-6-4-5-12(16)8-13/h4-6,8-10,14,18H,3,7H2,1-2H3. The van der Waals surface area contributed by atoms with Crippen LogP contribution in [0.25, 0.3) is 0 Å². The van der Waals surface area contributed by atoms with Gasteiger partial charge in [0.25, 0.3) is 0 Å². The highest BCUT2D eigenvalue weighted by molar-refractivity contribution is 5.80. The lowest BCUT2D eigenvalue weighted by Gasteiger charge is -2.16. The van der Waals surface area contributed by atoms with Gasteiger partial charge in [-0.05, 0) is 24.6 Å². The number of benzene rings is 1. The van der Waals surface area contributed by atoms with Gasteiger partial charge in [-0.15, -0.1) is 0 Å². The number of nitrogens with one attached hydrogen (secondary N) is 1. The van der Waals surface area contributed by atoms with Crippen molar-refractivity contribution >= 4 is 11.7 Å². The zero-order chi connectivity index (χ0) is 15.2. The lowest BCUT2D eigenvalue weighted by Crippen LogP contribution is -2.22. The minimum absolute atomic E-state index is 0.370. The molecule has 1 atom stereocenters. The predicted octanol–water partition coefficient (Wildman–Crippen LogP) is 2.76. The number of carbonyl (C=O) groups is 1. The van der Waals surface area contributed by atoms with Gasteiger partial charge in [0.15, 0.2) is 6.04 Å². The fourth-order valence-corrected chi connectivity index (χ4v) is 2.02. The maximum Gasteiger partial charge on any atom is 0.333 e. The van der Waals surface area contributed by atoms with E-state index in [-0.39, 0.29) is 5.82 Å². The predicted molar refractivity (Wildman–Crippen MR) is 77.3 cm³/mol. The van der Waals surface area contributed by atoms with Crippen LogP contribution in [0.3, 0.4) is 0 Å². The quantitative estimate of drug-likeness (QED) is 0.831. The average Bonchev–Trinajstić information content (AvgIpc) is 2.93. The molecule has 0 saturated carbocycles. The van der Waals surface area contributed by atoms with Gasteiger partial charge in [0.2, 0.25) is 0 Å². The molecule has 0 saturated heterocycles. The summed E-state index contributed by atoms with van der Waals surface area (Å²) in [6.45, 7) is 2.82. The van der Waals surface area contributed by atoms with E-state index in [0.29, 0.717) is 11.3 Å². The van der Waals surface area contributed by atoms with E-state index in [1.807, 2.05) is 6.92 Å². The molecule has 1 N–H and O–H groups in total. The number of halogens is 1. The average molecular weight is 291 g/mol. The molecule has 2 rings (SSSR count). The third-order valence-electron chi connectivity index (χ3n) is 3.01. The maximum absolute atomic E-state index is 13.2. The summed E-state index contributed by atoms with van der Waals surface area (Å²) in [7, 11) is 1.32. The zero-order valence-corrected chi connectivity index (χ0v) is 12.0. The molecule has 1 unspecified atom stereocenters. The SMILES string of the molecule is CCCn1cc(C(Nc2cccc(F)c2)C(=O)OC)cn1. The van der Waals surface area contributed by atoms with Gasteiger partial charge in [-0.25, -0.2) is 9.18 Å². The Hall–Kier alpha value is -2.37. The fourth-order valence-electron chi connectivity index (χ4n) is 2.02. The van der Waals surface area contributed by atoms with Crippen LogP contribution in [0.5, 0.6) is 0 Å². The van der Waals surface area contributed by atoms with E-state index in [1.165, 1.54) is 19.2 Å². The molecule has 0 aliphatic rings. The first kappa shape index (κ1) is 15.0. The van der Waals surface area contributed by atoms with Crippen molar-refractivity contribution in [1.29, 1.82) is 0 Å². The van der Waals surface area contributed by atoms with E-state index in [2.05, 4.69) is 10.4 Å². The molecule has 0 bridgehead atoms. The molecule has 0 spiro atoms. The minimum atomic E-state index is -0.720. The summed E-state index contributed by atoms with van der Waals surface area (Å²) in [5, 5.41) is 7.17. The first-order valence-corrected chi connectivity index (χ1v) is 6.76. The summed E-state index contributed by atoms with van der Waals surface area (Å²) in [6, 6.07) is 5.22. The van der Waals surface area contributed by atoms with Crippen molar-refractivity contribution < 1.29 is 13.9 Å². The second kappa shape index (κ2) is 6.88. The molecule has 1 aromatic heterocycles. The van der Waals surface area contributed by atoms with Crippen molar-refractivity contribution in [2.24, 2.45) is 0 Å². The van der Waals surface area contributed by atoms with E-state index < -0.39 is 12.0 Å². The largest absolute Gasteiger partial charge is 0.467 e. The van der Waals surface area contributed by atoms with Gasteiger partial charge in [0, 0.05) is 24.0 Å². The molecule has 2 aromatic rings. The fraction of sp³-hybridized carbons (Fsp3) is 0.333. The number of methoxy groups -OCH3 is 1. The number of hydrogen-bond acceptors (Lipinski definition) is 4. The highest BCUT2D eigenvalue weighted by Gasteiger charge is 2.23. The molecule has 1 heterocycles. The third-order valence-corrected chi connectivity index (χ3v) is 3.01. The number of aryl methyl sites for hydroxylation is 1. The van der Waals surface area contributed by atoms with E-state index in [0.717, 1.165) is 13.0 Å². The van der Waals surface area contributed by atoms with Crippen molar-refractivity contribution in [2.75, 3.05) is 12.4 Å². The smallest absolute Gasteiger partial charge is 0.333 e. The number of carbonyl (C=O) groups excluding carboxylic acids is 1. The summed E-state index contributed by atoms with van der Waals surface area (Å²) in [5.41, 5.74) is 1.19. The lowest BCUT2D eigenvalue weighted by molar-refractivity contribution is -0.141. The summed E-state index contributed by atoms with van der Waals surface area (Å²) in [4.78, 5) is 12.0. The van der Waals surface area contributed by atoms with Crippen molar-refractivity contribution in [3.8, 4) is 0 Å². The summed E-state index contributed by atoms with van der Waals surface area (Å²) in [6.07, 6.45) is 4.35. The molecule has 21 heavy (non-hydrogen) atoms. The molecule has 0 aliphatic heterocycles. The van der Waals surface area contributed by atoms with Crippen LogP contribution < -0.4 is 5.32 Å². The number of nitrogens with zero attached hydrogens (tertiary/aromatic N) is 2. The summed E-state index contributed by atoms with van der Waals surface area (Å²) >= 11 is 0. The normalized spacial score (nSPS) is 12.0. The van der Waals surface area contributed by atoms with Crippen LogP contribution in [0.2, 0.25) is 0 Å². The zero-order valence-electron chi connectivity index (χ0n) is 12.0. The number of ether oxygens (including phenoxy) is 1. The first-order valence-electron chi connectivity index (χ1n) is 6.76. The molecule has 0 fully saturated rings. The Morgan fingerprint density at radius 2 is 2.33 bits per heavy atom. The number of aromatic nitrogens is 2.